The lowest BCUT2D eigenvalue weighted by Gasteiger charge is -2.00. The molecule has 1 N–H and O–H groups in total. The number of furan rings is 1. The van der Waals surface area contributed by atoms with Gasteiger partial charge in [-0.1, -0.05) is 12.1 Å². The van der Waals surface area contributed by atoms with Crippen molar-refractivity contribution in [1.82, 2.24) is 4.98 Å². The highest BCUT2D eigenvalue weighted by atomic mass is 16.5. The Labute approximate surface area is 107 Å². The van der Waals surface area contributed by atoms with Crippen LogP contribution in [-0.2, 0) is 4.74 Å². The first-order valence-electron chi connectivity index (χ1n) is 5.92. The SMILES string of the molecule is CCOC(=O)c1cc2oc3ccccc3c2[nH]c1=O. The molecule has 0 saturated carbocycles. The molecular weight excluding hydrogens is 246 g/mol. The van der Waals surface area contributed by atoms with Gasteiger partial charge in [0.1, 0.15) is 11.1 Å². The van der Waals surface area contributed by atoms with Crippen LogP contribution in [0.25, 0.3) is 22.1 Å². The second-order valence-corrected chi connectivity index (χ2v) is 4.07. The van der Waals surface area contributed by atoms with E-state index in [4.69, 9.17) is 9.15 Å². The number of fused-ring (bicyclic) bond motifs is 3. The number of benzene rings is 1. The molecule has 0 unspecified atom stereocenters. The Morgan fingerprint density at radius 1 is 1.32 bits per heavy atom. The van der Waals surface area contributed by atoms with E-state index in [0.29, 0.717) is 16.7 Å². The van der Waals surface area contributed by atoms with Gasteiger partial charge in [0.25, 0.3) is 5.56 Å². The number of aromatic amines is 1. The first-order valence-corrected chi connectivity index (χ1v) is 5.92. The van der Waals surface area contributed by atoms with E-state index in [9.17, 15) is 9.59 Å². The fourth-order valence-corrected chi connectivity index (χ4v) is 2.03. The Bertz CT molecular complexity index is 828. The summed E-state index contributed by atoms with van der Waals surface area (Å²) in [4.78, 5) is 26.2. The van der Waals surface area contributed by atoms with Gasteiger partial charge in [0.15, 0.2) is 5.58 Å². The molecule has 0 radical (unpaired) electrons. The summed E-state index contributed by atoms with van der Waals surface area (Å²) in [5.41, 5.74) is 1.19. The minimum atomic E-state index is -0.647. The van der Waals surface area contributed by atoms with E-state index in [1.807, 2.05) is 18.2 Å². The zero-order valence-electron chi connectivity index (χ0n) is 10.2. The number of ether oxygens (including phenoxy) is 1. The Morgan fingerprint density at radius 2 is 2.11 bits per heavy atom. The normalized spacial score (nSPS) is 11.0. The first kappa shape index (κ1) is 11.5. The third-order valence-corrected chi connectivity index (χ3v) is 2.88. The molecule has 0 atom stereocenters. The van der Waals surface area contributed by atoms with E-state index in [-0.39, 0.29) is 12.2 Å². The summed E-state index contributed by atoms with van der Waals surface area (Å²) in [5.74, 6) is -0.647. The van der Waals surface area contributed by atoms with Crippen LogP contribution in [0.15, 0.2) is 39.5 Å². The van der Waals surface area contributed by atoms with Crippen LogP contribution in [-0.4, -0.2) is 17.6 Å². The number of aromatic nitrogens is 1. The molecule has 0 fully saturated rings. The predicted octanol–water partition coefficient (Wildman–Crippen LogP) is 2.45. The molecule has 0 aliphatic rings. The monoisotopic (exact) mass is 257 g/mol. The number of H-pyrrole nitrogens is 1. The number of carbonyl (C=O) groups excluding carboxylic acids is 1. The number of nitrogens with one attached hydrogen (secondary N) is 1. The number of para-hydroxylation sites is 1. The maximum atomic E-state index is 11.9. The smallest absolute Gasteiger partial charge is 0.343 e. The van der Waals surface area contributed by atoms with E-state index in [1.165, 1.54) is 6.07 Å². The zero-order valence-corrected chi connectivity index (χ0v) is 10.2. The van der Waals surface area contributed by atoms with E-state index >= 15 is 0 Å². The van der Waals surface area contributed by atoms with Crippen molar-refractivity contribution < 1.29 is 13.9 Å². The summed E-state index contributed by atoms with van der Waals surface area (Å²) in [6.45, 7) is 1.91. The second kappa shape index (κ2) is 4.28. The molecule has 0 saturated heterocycles. The van der Waals surface area contributed by atoms with Crippen molar-refractivity contribution in [3.8, 4) is 0 Å². The molecule has 0 bridgehead atoms. The van der Waals surface area contributed by atoms with Crippen LogP contribution in [0, 0.1) is 0 Å². The minimum Gasteiger partial charge on any atom is -0.462 e. The van der Waals surface area contributed by atoms with E-state index in [1.54, 1.807) is 13.0 Å². The number of esters is 1. The summed E-state index contributed by atoms with van der Waals surface area (Å²) >= 11 is 0. The number of hydrogen-bond donors (Lipinski definition) is 1. The van der Waals surface area contributed by atoms with Crippen LogP contribution in [0.3, 0.4) is 0 Å². The summed E-state index contributed by atoms with van der Waals surface area (Å²) in [7, 11) is 0. The Kier molecular flexibility index (Phi) is 2.59. The number of carbonyl (C=O) groups is 1. The van der Waals surface area contributed by atoms with Gasteiger partial charge in [-0.25, -0.2) is 4.79 Å². The van der Waals surface area contributed by atoms with Gasteiger partial charge in [-0.3, -0.25) is 4.79 Å². The van der Waals surface area contributed by atoms with Gasteiger partial charge in [0.05, 0.1) is 12.1 Å². The third-order valence-electron chi connectivity index (χ3n) is 2.88. The highest BCUT2D eigenvalue weighted by Crippen LogP contribution is 2.26. The van der Waals surface area contributed by atoms with Crippen LogP contribution in [0.5, 0.6) is 0 Å². The molecule has 0 spiro atoms. The molecule has 3 aromatic rings. The molecule has 19 heavy (non-hydrogen) atoms. The van der Waals surface area contributed by atoms with Gasteiger partial charge < -0.3 is 14.1 Å². The highest BCUT2D eigenvalue weighted by Gasteiger charge is 2.16. The van der Waals surface area contributed by atoms with E-state index in [0.717, 1.165) is 5.39 Å². The summed E-state index contributed by atoms with van der Waals surface area (Å²) in [6, 6.07) is 8.77. The molecular formula is C14H11NO4. The van der Waals surface area contributed by atoms with Crippen molar-refractivity contribution in [3.63, 3.8) is 0 Å². The first-order chi connectivity index (χ1) is 9.20. The number of pyridine rings is 1. The third kappa shape index (κ3) is 1.79. The molecule has 0 aliphatic heterocycles. The molecule has 5 heteroatoms. The molecule has 2 aromatic heterocycles. The number of rotatable bonds is 2. The predicted molar refractivity (Wildman–Crippen MR) is 70.3 cm³/mol. The second-order valence-electron chi connectivity index (χ2n) is 4.07. The lowest BCUT2D eigenvalue weighted by molar-refractivity contribution is 0.0524. The standard InChI is InChI=1S/C14H11NO4/c1-2-18-14(17)9-7-11-12(15-13(9)16)8-5-3-4-6-10(8)19-11/h3-7H,2H2,1H3,(H,15,16). The highest BCUT2D eigenvalue weighted by molar-refractivity contribution is 6.04. The summed E-state index contributed by atoms with van der Waals surface area (Å²) < 4.78 is 10.4. The van der Waals surface area contributed by atoms with Crippen molar-refractivity contribution in [2.75, 3.05) is 6.61 Å². The Hall–Kier alpha value is -2.56. The zero-order chi connectivity index (χ0) is 13.4. The molecule has 3 rings (SSSR count). The largest absolute Gasteiger partial charge is 0.462 e. The molecule has 2 heterocycles. The fourth-order valence-electron chi connectivity index (χ4n) is 2.03. The minimum absolute atomic E-state index is 0.0478. The number of hydrogen-bond acceptors (Lipinski definition) is 4. The van der Waals surface area contributed by atoms with E-state index in [2.05, 4.69) is 4.98 Å². The summed E-state index contributed by atoms with van der Waals surface area (Å²) in [6.07, 6.45) is 0. The lowest BCUT2D eigenvalue weighted by atomic mass is 10.2. The maximum absolute atomic E-state index is 11.9. The molecule has 0 amide bonds. The van der Waals surface area contributed by atoms with Crippen LogP contribution < -0.4 is 5.56 Å². The van der Waals surface area contributed by atoms with Gasteiger partial charge in [0.2, 0.25) is 0 Å². The average molecular weight is 257 g/mol. The fraction of sp³-hybridized carbons (Fsp3) is 0.143. The Balaban J connectivity index is 2.29. The molecule has 5 nitrogen and oxygen atoms in total. The quantitative estimate of drug-likeness (QED) is 0.716. The molecule has 1 aromatic carbocycles. The van der Waals surface area contributed by atoms with Crippen LogP contribution in [0.2, 0.25) is 0 Å². The van der Waals surface area contributed by atoms with E-state index < -0.39 is 11.5 Å². The van der Waals surface area contributed by atoms with Crippen molar-refractivity contribution >= 4 is 28.0 Å². The molecule has 0 aliphatic carbocycles. The van der Waals surface area contributed by atoms with Crippen LogP contribution in [0.4, 0.5) is 0 Å². The van der Waals surface area contributed by atoms with Crippen LogP contribution >= 0.6 is 0 Å². The Morgan fingerprint density at radius 3 is 2.89 bits per heavy atom. The topological polar surface area (TPSA) is 72.3 Å². The van der Waals surface area contributed by atoms with Gasteiger partial charge in [-0.15, -0.1) is 0 Å². The average Bonchev–Trinajstić information content (AvgIpc) is 2.76. The lowest BCUT2D eigenvalue weighted by Crippen LogP contribution is -2.19. The van der Waals surface area contributed by atoms with Gasteiger partial charge in [-0.05, 0) is 19.1 Å². The van der Waals surface area contributed by atoms with Crippen molar-refractivity contribution in [2.24, 2.45) is 0 Å². The maximum Gasteiger partial charge on any atom is 0.343 e. The van der Waals surface area contributed by atoms with Crippen molar-refractivity contribution in [2.45, 2.75) is 6.92 Å². The van der Waals surface area contributed by atoms with Crippen molar-refractivity contribution in [1.29, 1.82) is 0 Å². The summed E-state index contributed by atoms with van der Waals surface area (Å²) in [5, 5.41) is 0.810. The van der Waals surface area contributed by atoms with Gasteiger partial charge in [-0.2, -0.15) is 0 Å². The molecule has 96 valence electrons. The van der Waals surface area contributed by atoms with Gasteiger partial charge >= 0.3 is 5.97 Å². The van der Waals surface area contributed by atoms with Gasteiger partial charge in [0, 0.05) is 11.5 Å². The van der Waals surface area contributed by atoms with Crippen molar-refractivity contribution in [3.05, 3.63) is 46.2 Å². The van der Waals surface area contributed by atoms with Crippen LogP contribution in [0.1, 0.15) is 17.3 Å².